The van der Waals surface area contributed by atoms with Gasteiger partial charge in [-0.15, -0.1) is 4.68 Å². The van der Waals surface area contributed by atoms with Gasteiger partial charge in [0.25, 0.3) is 0 Å². The van der Waals surface area contributed by atoms with E-state index in [1.807, 2.05) is 60.8 Å². The Morgan fingerprint density at radius 3 is 2.75 bits per heavy atom. The van der Waals surface area contributed by atoms with E-state index in [4.69, 9.17) is 4.74 Å². The molecule has 6 nitrogen and oxygen atoms in total. The Labute approximate surface area is 137 Å². The van der Waals surface area contributed by atoms with Crippen LogP contribution in [0.4, 0.5) is 4.79 Å². The van der Waals surface area contributed by atoms with Crippen molar-refractivity contribution in [3.8, 4) is 11.4 Å². The standard InChI is InChI=1S/C18H14N4O2/c23-18(24-12-13-6-2-1-3-7-13)22-17-14(8-4-11-20-17)16(21-22)15-9-5-10-19-15/h1-11,19H,12H2. The first-order valence-electron chi connectivity index (χ1n) is 7.51. The Hall–Kier alpha value is -3.41. The van der Waals surface area contributed by atoms with Gasteiger partial charge in [0.2, 0.25) is 0 Å². The first-order chi connectivity index (χ1) is 11.8. The van der Waals surface area contributed by atoms with Crippen LogP contribution in [0.5, 0.6) is 0 Å². The normalized spacial score (nSPS) is 10.8. The lowest BCUT2D eigenvalue weighted by Gasteiger charge is -2.04. The van der Waals surface area contributed by atoms with E-state index < -0.39 is 6.09 Å². The minimum absolute atomic E-state index is 0.186. The molecule has 4 aromatic rings. The number of carbonyl (C=O) groups is 1. The lowest BCUT2D eigenvalue weighted by Crippen LogP contribution is -2.15. The molecule has 0 aliphatic heterocycles. The van der Waals surface area contributed by atoms with Crippen molar-refractivity contribution in [3.63, 3.8) is 0 Å². The molecule has 0 saturated carbocycles. The molecule has 0 unspecified atom stereocenters. The maximum Gasteiger partial charge on any atom is 0.437 e. The summed E-state index contributed by atoms with van der Waals surface area (Å²) >= 11 is 0. The molecule has 1 N–H and O–H groups in total. The van der Waals surface area contributed by atoms with Crippen molar-refractivity contribution in [1.29, 1.82) is 0 Å². The van der Waals surface area contributed by atoms with Crippen molar-refractivity contribution in [3.05, 3.63) is 72.6 Å². The largest absolute Gasteiger partial charge is 0.443 e. The van der Waals surface area contributed by atoms with Crippen LogP contribution in [0, 0.1) is 0 Å². The van der Waals surface area contributed by atoms with E-state index in [9.17, 15) is 4.79 Å². The summed E-state index contributed by atoms with van der Waals surface area (Å²) in [6.07, 6.45) is 2.88. The smallest absolute Gasteiger partial charge is 0.437 e. The van der Waals surface area contributed by atoms with Crippen LogP contribution in [0.1, 0.15) is 5.56 Å². The number of aromatic nitrogens is 4. The summed E-state index contributed by atoms with van der Waals surface area (Å²) in [4.78, 5) is 19.8. The van der Waals surface area contributed by atoms with Crippen molar-refractivity contribution in [1.82, 2.24) is 19.7 Å². The van der Waals surface area contributed by atoms with Crippen molar-refractivity contribution >= 4 is 17.1 Å². The number of benzene rings is 1. The minimum Gasteiger partial charge on any atom is -0.443 e. The van der Waals surface area contributed by atoms with Crippen molar-refractivity contribution < 1.29 is 9.53 Å². The first kappa shape index (κ1) is 14.2. The Kier molecular flexibility index (Phi) is 3.55. The number of hydrogen-bond acceptors (Lipinski definition) is 4. The number of hydrogen-bond donors (Lipinski definition) is 1. The molecule has 24 heavy (non-hydrogen) atoms. The lowest BCUT2D eigenvalue weighted by molar-refractivity contribution is 0.139. The van der Waals surface area contributed by atoms with E-state index >= 15 is 0 Å². The summed E-state index contributed by atoms with van der Waals surface area (Å²) in [7, 11) is 0. The number of fused-ring (bicyclic) bond motifs is 1. The Bertz CT molecular complexity index is 975. The topological polar surface area (TPSA) is 72.8 Å². The van der Waals surface area contributed by atoms with Crippen molar-refractivity contribution in [2.45, 2.75) is 6.61 Å². The molecule has 0 amide bonds. The number of rotatable bonds is 3. The molecule has 0 fully saturated rings. The van der Waals surface area contributed by atoms with Gasteiger partial charge in [0.05, 0.1) is 5.69 Å². The molecular weight excluding hydrogens is 304 g/mol. The number of H-pyrrole nitrogens is 1. The number of ether oxygens (including phenoxy) is 1. The zero-order chi connectivity index (χ0) is 16.4. The average Bonchev–Trinajstić information content (AvgIpc) is 3.28. The third-order valence-corrected chi connectivity index (χ3v) is 3.67. The third-order valence-electron chi connectivity index (χ3n) is 3.67. The molecule has 6 heteroatoms. The van der Waals surface area contributed by atoms with Gasteiger partial charge in [-0.3, -0.25) is 0 Å². The van der Waals surface area contributed by atoms with Gasteiger partial charge in [-0.2, -0.15) is 5.10 Å². The second-order valence-electron chi connectivity index (χ2n) is 5.26. The maximum atomic E-state index is 12.4. The summed E-state index contributed by atoms with van der Waals surface area (Å²) in [5.41, 5.74) is 2.88. The van der Waals surface area contributed by atoms with Gasteiger partial charge < -0.3 is 9.72 Å². The molecule has 0 radical (unpaired) electrons. The molecule has 0 aliphatic carbocycles. The predicted molar refractivity (Wildman–Crippen MR) is 89.3 cm³/mol. The van der Waals surface area contributed by atoms with Crippen LogP contribution in [0.3, 0.4) is 0 Å². The first-order valence-corrected chi connectivity index (χ1v) is 7.51. The van der Waals surface area contributed by atoms with Crippen LogP contribution < -0.4 is 0 Å². The van der Waals surface area contributed by atoms with Crippen LogP contribution in [0.25, 0.3) is 22.4 Å². The number of carbonyl (C=O) groups excluding carboxylic acids is 1. The van der Waals surface area contributed by atoms with E-state index in [1.165, 1.54) is 4.68 Å². The summed E-state index contributed by atoms with van der Waals surface area (Å²) in [5, 5.41) is 5.18. The van der Waals surface area contributed by atoms with Gasteiger partial charge in [-0.05, 0) is 29.8 Å². The molecule has 0 atom stereocenters. The van der Waals surface area contributed by atoms with E-state index in [-0.39, 0.29) is 6.61 Å². The molecule has 1 aromatic carbocycles. The molecule has 0 spiro atoms. The number of nitrogens with zero attached hydrogens (tertiary/aromatic N) is 3. The van der Waals surface area contributed by atoms with Gasteiger partial charge in [-0.1, -0.05) is 30.3 Å². The molecular formula is C18H14N4O2. The second kappa shape index (κ2) is 6.00. The highest BCUT2D eigenvalue weighted by Crippen LogP contribution is 2.25. The highest BCUT2D eigenvalue weighted by molar-refractivity contribution is 5.94. The Morgan fingerprint density at radius 1 is 1.08 bits per heavy atom. The monoisotopic (exact) mass is 318 g/mol. The van der Waals surface area contributed by atoms with Gasteiger partial charge in [-0.25, -0.2) is 9.78 Å². The molecule has 118 valence electrons. The molecule has 0 bridgehead atoms. The number of nitrogens with one attached hydrogen (secondary N) is 1. The summed E-state index contributed by atoms with van der Waals surface area (Å²) in [6, 6.07) is 17.0. The van der Waals surface area contributed by atoms with Crippen LogP contribution in [0.2, 0.25) is 0 Å². The molecule has 3 heterocycles. The van der Waals surface area contributed by atoms with Crippen molar-refractivity contribution in [2.75, 3.05) is 0 Å². The molecule has 0 aliphatic rings. The van der Waals surface area contributed by atoms with Crippen molar-refractivity contribution in [2.24, 2.45) is 0 Å². The van der Waals surface area contributed by atoms with E-state index in [2.05, 4.69) is 15.1 Å². The van der Waals surface area contributed by atoms with Crippen LogP contribution in [0.15, 0.2) is 67.0 Å². The number of aromatic amines is 1. The zero-order valence-electron chi connectivity index (χ0n) is 12.7. The Balaban J connectivity index is 1.68. The minimum atomic E-state index is -0.555. The van der Waals surface area contributed by atoms with E-state index in [0.717, 1.165) is 16.6 Å². The van der Waals surface area contributed by atoms with E-state index in [1.54, 1.807) is 6.20 Å². The van der Waals surface area contributed by atoms with Gasteiger partial charge in [0, 0.05) is 17.8 Å². The third kappa shape index (κ3) is 2.54. The molecule has 0 saturated heterocycles. The summed E-state index contributed by atoms with van der Waals surface area (Å²) in [6.45, 7) is 0.186. The van der Waals surface area contributed by atoms with Gasteiger partial charge in [0.15, 0.2) is 5.65 Å². The Morgan fingerprint density at radius 2 is 1.96 bits per heavy atom. The van der Waals surface area contributed by atoms with E-state index in [0.29, 0.717) is 11.3 Å². The highest BCUT2D eigenvalue weighted by Gasteiger charge is 2.19. The highest BCUT2D eigenvalue weighted by atomic mass is 16.6. The lowest BCUT2D eigenvalue weighted by atomic mass is 10.2. The van der Waals surface area contributed by atoms with Crippen LogP contribution >= 0.6 is 0 Å². The number of pyridine rings is 1. The predicted octanol–water partition coefficient (Wildman–Crippen LogP) is 3.61. The fourth-order valence-corrected chi connectivity index (χ4v) is 2.54. The maximum absolute atomic E-state index is 12.4. The molecule has 3 aromatic heterocycles. The summed E-state index contributed by atoms with van der Waals surface area (Å²) in [5.74, 6) is 0. The SMILES string of the molecule is O=C(OCc1ccccc1)n1nc(-c2ccc[nH]2)c2cccnc21. The van der Waals surface area contributed by atoms with Crippen LogP contribution in [-0.2, 0) is 11.3 Å². The molecule has 4 rings (SSSR count). The quantitative estimate of drug-likeness (QED) is 0.626. The fourth-order valence-electron chi connectivity index (χ4n) is 2.54. The summed E-state index contributed by atoms with van der Waals surface area (Å²) < 4.78 is 6.57. The van der Waals surface area contributed by atoms with Gasteiger partial charge in [0.1, 0.15) is 12.3 Å². The van der Waals surface area contributed by atoms with Crippen LogP contribution in [-0.4, -0.2) is 25.8 Å². The second-order valence-corrected chi connectivity index (χ2v) is 5.26. The fraction of sp³-hybridized carbons (Fsp3) is 0.0556. The zero-order valence-corrected chi connectivity index (χ0v) is 12.7. The average molecular weight is 318 g/mol. The van der Waals surface area contributed by atoms with Gasteiger partial charge >= 0.3 is 6.09 Å².